The molecule has 4 N–H and O–H groups in total. The second-order valence-corrected chi connectivity index (χ2v) is 12.1. The minimum atomic E-state index is -5.24. The molecule has 0 amide bonds. The number of halogens is 3. The van der Waals surface area contributed by atoms with Gasteiger partial charge in [0.05, 0.1) is 16.0 Å². The number of aromatic nitrogens is 2. The van der Waals surface area contributed by atoms with Crippen molar-refractivity contribution in [2.45, 2.75) is 49.4 Å². The zero-order valence-electron chi connectivity index (χ0n) is 23.1. The molecule has 0 saturated carbocycles. The van der Waals surface area contributed by atoms with Crippen LogP contribution >= 0.6 is 0 Å². The van der Waals surface area contributed by atoms with Gasteiger partial charge in [0, 0.05) is 24.2 Å². The number of alkyl halides is 3. The molecule has 1 aromatic heterocycles. The summed E-state index contributed by atoms with van der Waals surface area (Å²) in [5.41, 5.74) is 0.427. The number of carbonyl (C=O) groups is 2. The molecule has 0 saturated heterocycles. The highest BCUT2D eigenvalue weighted by atomic mass is 32.2. The van der Waals surface area contributed by atoms with Crippen LogP contribution in [-0.2, 0) is 26.0 Å². The molecule has 0 spiro atoms. The van der Waals surface area contributed by atoms with E-state index in [4.69, 9.17) is 4.74 Å². The van der Waals surface area contributed by atoms with Gasteiger partial charge < -0.3 is 20.1 Å². The Bertz CT molecular complexity index is 1720. The molecule has 228 valence electrons. The average molecular weight is 619 g/mol. The maximum atomic E-state index is 13.1. The van der Waals surface area contributed by atoms with E-state index in [1.165, 1.54) is 42.5 Å². The second kappa shape index (κ2) is 12.4. The summed E-state index contributed by atoms with van der Waals surface area (Å²) in [6.45, 7) is 3.36. The molecule has 0 bridgehead atoms. The molecule has 0 fully saturated rings. The number of aromatic amines is 1. The van der Waals surface area contributed by atoms with Gasteiger partial charge in [0.2, 0.25) is 0 Å². The molecule has 4 aromatic rings. The Hall–Kier alpha value is -4.43. The number of nitrogens with zero attached hydrogens (tertiary/aromatic N) is 1. The number of ether oxygens (including phenoxy) is 1. The summed E-state index contributed by atoms with van der Waals surface area (Å²) in [4.78, 5) is 30.8. The number of nitrogens with one attached hydrogen (secondary N) is 3. The van der Waals surface area contributed by atoms with Crippen LogP contribution in [0.3, 0.4) is 0 Å². The largest absolute Gasteiger partial charge is 0.490 e. The first kappa shape index (κ1) is 31.5. The molecule has 10 nitrogen and oxygen atoms in total. The predicted octanol–water partition coefficient (Wildman–Crippen LogP) is 5.21. The smallest absolute Gasteiger partial charge is 0.478 e. The summed E-state index contributed by atoms with van der Waals surface area (Å²) in [6.07, 6.45) is -5.86. The van der Waals surface area contributed by atoms with E-state index in [1.807, 2.05) is 0 Å². The van der Waals surface area contributed by atoms with Crippen molar-refractivity contribution in [3.63, 3.8) is 0 Å². The number of carbonyl (C=O) groups excluding carboxylic acids is 1. The van der Waals surface area contributed by atoms with E-state index in [9.17, 15) is 36.3 Å². The second-order valence-electron chi connectivity index (χ2n) is 10.4. The molecule has 14 heteroatoms. The van der Waals surface area contributed by atoms with Gasteiger partial charge in [-0.3, -0.25) is 4.72 Å². The van der Waals surface area contributed by atoms with E-state index in [1.54, 1.807) is 44.2 Å². The molecule has 1 unspecified atom stereocenters. The number of carboxylic acid groups (broad SMARTS) is 1. The van der Waals surface area contributed by atoms with E-state index < -0.39 is 39.8 Å². The van der Waals surface area contributed by atoms with Crippen molar-refractivity contribution < 1.29 is 41.0 Å². The fourth-order valence-electron chi connectivity index (χ4n) is 4.30. The number of hydrogen-bond donors (Lipinski definition) is 4. The van der Waals surface area contributed by atoms with Crippen molar-refractivity contribution in [2.24, 2.45) is 0 Å². The van der Waals surface area contributed by atoms with E-state index in [-0.39, 0.29) is 28.3 Å². The van der Waals surface area contributed by atoms with E-state index >= 15 is 0 Å². The summed E-state index contributed by atoms with van der Waals surface area (Å²) >= 11 is 0. The molecule has 0 aliphatic heterocycles. The Morgan fingerprint density at radius 3 is 2.40 bits per heavy atom. The molecule has 0 aliphatic carbocycles. The molecule has 4 rings (SSSR count). The van der Waals surface area contributed by atoms with Crippen LogP contribution in [0.25, 0.3) is 11.0 Å². The molecular weight excluding hydrogens is 589 g/mol. The van der Waals surface area contributed by atoms with Crippen molar-refractivity contribution in [3.05, 3.63) is 89.7 Å². The third kappa shape index (κ3) is 8.11. The number of rotatable bonds is 12. The van der Waals surface area contributed by atoms with Crippen molar-refractivity contribution >= 4 is 38.7 Å². The first-order valence-electron chi connectivity index (χ1n) is 13.1. The third-order valence-corrected chi connectivity index (χ3v) is 7.99. The van der Waals surface area contributed by atoms with Gasteiger partial charge in [-0.05, 0) is 62.2 Å². The lowest BCUT2D eigenvalue weighted by Gasteiger charge is -2.29. The van der Waals surface area contributed by atoms with Gasteiger partial charge in [0.15, 0.2) is 0 Å². The highest BCUT2D eigenvalue weighted by molar-refractivity contribution is 7.92. The Morgan fingerprint density at radius 2 is 1.72 bits per heavy atom. The first-order valence-corrected chi connectivity index (χ1v) is 14.5. The molecular formula is C29H29F3N4O6S. The predicted molar refractivity (Wildman–Crippen MR) is 152 cm³/mol. The minimum Gasteiger partial charge on any atom is -0.478 e. The molecule has 0 aliphatic rings. The first-order chi connectivity index (χ1) is 20.1. The lowest BCUT2D eigenvalue weighted by molar-refractivity contribution is -0.205. The monoisotopic (exact) mass is 618 g/mol. The molecule has 1 heterocycles. The Balaban J connectivity index is 1.50. The van der Waals surface area contributed by atoms with Crippen molar-refractivity contribution in [2.75, 3.05) is 11.3 Å². The van der Waals surface area contributed by atoms with Crippen LogP contribution in [-0.4, -0.2) is 53.7 Å². The summed E-state index contributed by atoms with van der Waals surface area (Å²) in [6, 6.07) is 17.9. The maximum absolute atomic E-state index is 13.1. The average Bonchev–Trinajstić information content (AvgIpc) is 3.37. The number of esters is 1. The number of benzene rings is 3. The fraction of sp³-hybridized carbons (Fsp3) is 0.276. The standard InChI is InChI=1S/C29H29F3N4O6S/c1-28(2,15-14-24-34-22-13-7-12-21(26(37)38)25(22)35-24)33-17-23(42-27(39)29(30,31)32)18-8-6-9-19(16-18)36-43(40,41)20-10-4-3-5-11-20/h3-13,16,23,33,36H,14-15,17H2,1-2H3,(H,34,35)(H,37,38). The quantitative estimate of drug-likeness (QED) is 0.158. The van der Waals surface area contributed by atoms with Gasteiger partial charge >= 0.3 is 18.1 Å². The fourth-order valence-corrected chi connectivity index (χ4v) is 5.37. The summed E-state index contributed by atoms with van der Waals surface area (Å²) in [7, 11) is -3.98. The van der Waals surface area contributed by atoms with Crippen molar-refractivity contribution in [3.8, 4) is 0 Å². The van der Waals surface area contributed by atoms with Crippen LogP contribution in [0, 0.1) is 0 Å². The SMILES string of the molecule is CC(C)(CCc1nc2c(C(=O)O)cccc2[nH]1)NCC(OC(=O)C(F)(F)F)c1cccc(NS(=O)(=O)c2ccccc2)c1. The summed E-state index contributed by atoms with van der Waals surface area (Å²) in [5.74, 6) is -2.97. The number of anilines is 1. The molecule has 43 heavy (non-hydrogen) atoms. The lowest BCUT2D eigenvalue weighted by Crippen LogP contribution is -2.43. The topological polar surface area (TPSA) is 150 Å². The number of fused-ring (bicyclic) bond motifs is 1. The van der Waals surface area contributed by atoms with E-state index in [0.29, 0.717) is 29.7 Å². The Labute approximate surface area is 245 Å². The number of carboxylic acids is 1. The number of H-pyrrole nitrogens is 1. The number of sulfonamides is 1. The highest BCUT2D eigenvalue weighted by Crippen LogP contribution is 2.27. The normalized spacial score (nSPS) is 13.0. The Kier molecular flexibility index (Phi) is 9.11. The van der Waals surface area contributed by atoms with Gasteiger partial charge in [-0.25, -0.2) is 23.0 Å². The zero-order valence-corrected chi connectivity index (χ0v) is 23.9. The Morgan fingerprint density at radius 1 is 1.02 bits per heavy atom. The van der Waals surface area contributed by atoms with Crippen LogP contribution in [0.4, 0.5) is 18.9 Å². The van der Waals surface area contributed by atoms with Crippen LogP contribution in [0.15, 0.2) is 77.7 Å². The third-order valence-electron chi connectivity index (χ3n) is 6.59. The molecule has 0 radical (unpaired) electrons. The van der Waals surface area contributed by atoms with Gasteiger partial charge in [-0.2, -0.15) is 13.2 Å². The number of aromatic carboxylic acids is 1. The summed E-state index contributed by atoms with van der Waals surface area (Å²) in [5, 5.41) is 12.5. The van der Waals surface area contributed by atoms with Gasteiger partial charge in [0.25, 0.3) is 10.0 Å². The number of imidazole rings is 1. The highest BCUT2D eigenvalue weighted by Gasteiger charge is 2.42. The summed E-state index contributed by atoms with van der Waals surface area (Å²) < 4.78 is 72.1. The maximum Gasteiger partial charge on any atom is 0.490 e. The number of aryl methyl sites for hydroxylation is 1. The van der Waals surface area contributed by atoms with Crippen LogP contribution < -0.4 is 10.0 Å². The minimum absolute atomic E-state index is 0.00694. The van der Waals surface area contributed by atoms with Gasteiger partial charge in [0.1, 0.15) is 17.4 Å². The van der Waals surface area contributed by atoms with Gasteiger partial charge in [-0.1, -0.05) is 36.4 Å². The van der Waals surface area contributed by atoms with E-state index in [0.717, 1.165) is 0 Å². The number of para-hydroxylation sites is 1. The van der Waals surface area contributed by atoms with E-state index in [2.05, 4.69) is 20.0 Å². The van der Waals surface area contributed by atoms with Crippen molar-refractivity contribution in [1.29, 1.82) is 0 Å². The van der Waals surface area contributed by atoms with Crippen LogP contribution in [0.2, 0.25) is 0 Å². The van der Waals surface area contributed by atoms with Crippen molar-refractivity contribution in [1.82, 2.24) is 15.3 Å². The molecule has 1 atom stereocenters. The molecule has 3 aromatic carbocycles. The van der Waals surface area contributed by atoms with Crippen LogP contribution in [0.1, 0.15) is 48.1 Å². The van der Waals surface area contributed by atoms with Gasteiger partial charge in [-0.15, -0.1) is 0 Å². The lowest BCUT2D eigenvalue weighted by atomic mass is 9.97. The number of hydrogen-bond acceptors (Lipinski definition) is 7. The van der Waals surface area contributed by atoms with Crippen LogP contribution in [0.5, 0.6) is 0 Å². The zero-order chi connectivity index (χ0) is 31.4.